The average molecular weight is 252 g/mol. The predicted octanol–water partition coefficient (Wildman–Crippen LogP) is 2.54. The van der Waals surface area contributed by atoms with Crippen LogP contribution in [0.15, 0.2) is 0 Å². The quantitative estimate of drug-likeness (QED) is 0.839. The Bertz CT molecular complexity index is 290. The van der Waals surface area contributed by atoms with Crippen LogP contribution in [0, 0.1) is 11.8 Å². The third kappa shape index (κ3) is 3.25. The Morgan fingerprint density at radius 1 is 1.33 bits per heavy atom. The molecule has 2 rings (SSSR count). The van der Waals surface area contributed by atoms with Gasteiger partial charge in [-0.25, -0.2) is 0 Å². The zero-order chi connectivity index (χ0) is 13.1. The molecule has 0 bridgehead atoms. The number of hydrogen-bond acceptors (Lipinski definition) is 2. The summed E-state index contributed by atoms with van der Waals surface area (Å²) in [5.41, 5.74) is 6.03. The normalized spacial score (nSPS) is 34.6. The Labute approximate surface area is 111 Å². The van der Waals surface area contributed by atoms with Crippen LogP contribution in [0.4, 0.5) is 0 Å². The van der Waals surface area contributed by atoms with E-state index in [9.17, 15) is 4.79 Å². The smallest absolute Gasteiger partial charge is 0.223 e. The summed E-state index contributed by atoms with van der Waals surface area (Å²) in [6.45, 7) is 5.26. The fourth-order valence-corrected chi connectivity index (χ4v) is 3.69. The minimum Gasteiger partial charge on any atom is -0.338 e. The van der Waals surface area contributed by atoms with Crippen LogP contribution in [-0.2, 0) is 4.79 Å². The van der Waals surface area contributed by atoms with Crippen LogP contribution in [0.5, 0.6) is 0 Å². The van der Waals surface area contributed by atoms with Crippen LogP contribution in [0.3, 0.4) is 0 Å². The second-order valence-electron chi connectivity index (χ2n) is 6.50. The molecule has 1 amide bonds. The van der Waals surface area contributed by atoms with Crippen molar-refractivity contribution in [3.05, 3.63) is 0 Å². The molecule has 2 fully saturated rings. The first kappa shape index (κ1) is 13.9. The van der Waals surface area contributed by atoms with E-state index in [1.807, 2.05) is 6.92 Å². The molecule has 0 aromatic heterocycles. The first-order valence-corrected chi connectivity index (χ1v) is 7.63. The van der Waals surface area contributed by atoms with Gasteiger partial charge in [0.2, 0.25) is 5.91 Å². The molecule has 0 aromatic rings. The van der Waals surface area contributed by atoms with Gasteiger partial charge in [-0.1, -0.05) is 13.3 Å². The summed E-state index contributed by atoms with van der Waals surface area (Å²) < 4.78 is 0. The molecular weight excluding hydrogens is 224 g/mol. The number of carbonyl (C=O) groups excluding carboxylic acids is 1. The highest BCUT2D eigenvalue weighted by Gasteiger charge is 2.31. The first-order chi connectivity index (χ1) is 8.58. The van der Waals surface area contributed by atoms with Crippen LogP contribution in [0.2, 0.25) is 0 Å². The monoisotopic (exact) mass is 252 g/mol. The molecule has 2 N–H and O–H groups in total. The van der Waals surface area contributed by atoms with Crippen molar-refractivity contribution in [1.82, 2.24) is 4.90 Å². The van der Waals surface area contributed by atoms with Crippen molar-refractivity contribution in [2.45, 2.75) is 70.9 Å². The van der Waals surface area contributed by atoms with Gasteiger partial charge < -0.3 is 10.6 Å². The van der Waals surface area contributed by atoms with Gasteiger partial charge in [0.1, 0.15) is 0 Å². The van der Waals surface area contributed by atoms with Gasteiger partial charge in [-0.15, -0.1) is 0 Å². The van der Waals surface area contributed by atoms with Gasteiger partial charge in [0, 0.05) is 25.0 Å². The van der Waals surface area contributed by atoms with Crippen molar-refractivity contribution in [2.24, 2.45) is 17.6 Å². The number of piperidine rings is 1. The van der Waals surface area contributed by atoms with E-state index in [2.05, 4.69) is 11.8 Å². The first-order valence-electron chi connectivity index (χ1n) is 7.63. The minimum atomic E-state index is 0.108. The Hall–Kier alpha value is -0.570. The third-order valence-electron chi connectivity index (χ3n) is 4.74. The molecule has 18 heavy (non-hydrogen) atoms. The SMILES string of the molecule is CC1CCC(CC(=O)N2CCCCC2C(C)N)C1. The van der Waals surface area contributed by atoms with Crippen LogP contribution in [-0.4, -0.2) is 29.4 Å². The summed E-state index contributed by atoms with van der Waals surface area (Å²) in [7, 11) is 0. The molecule has 1 saturated heterocycles. The molecule has 0 spiro atoms. The lowest BCUT2D eigenvalue weighted by atomic mass is 9.94. The topological polar surface area (TPSA) is 46.3 Å². The van der Waals surface area contributed by atoms with Gasteiger partial charge >= 0.3 is 0 Å². The van der Waals surface area contributed by atoms with E-state index in [0.717, 1.165) is 31.7 Å². The summed E-state index contributed by atoms with van der Waals surface area (Å²) in [6, 6.07) is 0.391. The molecule has 0 radical (unpaired) electrons. The van der Waals surface area contributed by atoms with Crippen molar-refractivity contribution in [3.63, 3.8) is 0 Å². The van der Waals surface area contributed by atoms with Crippen molar-refractivity contribution in [3.8, 4) is 0 Å². The minimum absolute atomic E-state index is 0.108. The number of amides is 1. The van der Waals surface area contributed by atoms with Crippen LogP contribution in [0.25, 0.3) is 0 Å². The molecule has 4 atom stereocenters. The Kier molecular flexibility index (Phi) is 4.66. The second kappa shape index (κ2) is 6.05. The van der Waals surface area contributed by atoms with E-state index in [0.29, 0.717) is 11.8 Å². The summed E-state index contributed by atoms with van der Waals surface area (Å²) in [5, 5.41) is 0. The fraction of sp³-hybridized carbons (Fsp3) is 0.933. The molecule has 3 nitrogen and oxygen atoms in total. The highest BCUT2D eigenvalue weighted by molar-refractivity contribution is 5.77. The molecule has 2 aliphatic rings. The highest BCUT2D eigenvalue weighted by Crippen LogP contribution is 2.33. The van der Waals surface area contributed by atoms with Crippen molar-refractivity contribution in [1.29, 1.82) is 0 Å². The van der Waals surface area contributed by atoms with Crippen molar-refractivity contribution in [2.75, 3.05) is 6.54 Å². The number of carbonyl (C=O) groups is 1. The average Bonchev–Trinajstić information content (AvgIpc) is 2.74. The fourth-order valence-electron chi connectivity index (χ4n) is 3.69. The maximum atomic E-state index is 12.4. The second-order valence-corrected chi connectivity index (χ2v) is 6.50. The van der Waals surface area contributed by atoms with Gasteiger partial charge in [0.05, 0.1) is 0 Å². The highest BCUT2D eigenvalue weighted by atomic mass is 16.2. The van der Waals surface area contributed by atoms with Crippen LogP contribution < -0.4 is 5.73 Å². The summed E-state index contributed by atoms with van der Waals surface area (Å²) in [4.78, 5) is 14.5. The summed E-state index contributed by atoms with van der Waals surface area (Å²) in [6.07, 6.45) is 7.99. The zero-order valence-corrected chi connectivity index (χ0v) is 11.9. The van der Waals surface area contributed by atoms with Gasteiger partial charge in [0.15, 0.2) is 0 Å². The Morgan fingerprint density at radius 3 is 2.72 bits per heavy atom. The number of hydrogen-bond donors (Lipinski definition) is 1. The molecule has 1 aliphatic heterocycles. The number of rotatable bonds is 3. The molecule has 1 heterocycles. The molecule has 104 valence electrons. The number of nitrogens with zero attached hydrogens (tertiary/aromatic N) is 1. The number of likely N-dealkylation sites (tertiary alicyclic amines) is 1. The van der Waals surface area contributed by atoms with Crippen molar-refractivity contribution >= 4 is 5.91 Å². The van der Waals surface area contributed by atoms with E-state index in [1.165, 1.54) is 25.7 Å². The number of nitrogens with two attached hydrogens (primary N) is 1. The molecule has 1 aliphatic carbocycles. The molecule has 0 aromatic carbocycles. The van der Waals surface area contributed by atoms with Gasteiger partial charge in [-0.05, 0) is 50.9 Å². The molecule has 3 heteroatoms. The van der Waals surface area contributed by atoms with E-state index in [1.54, 1.807) is 0 Å². The summed E-state index contributed by atoms with van der Waals surface area (Å²) in [5.74, 6) is 1.80. The molecule has 1 saturated carbocycles. The van der Waals surface area contributed by atoms with Crippen LogP contribution >= 0.6 is 0 Å². The maximum Gasteiger partial charge on any atom is 0.223 e. The van der Waals surface area contributed by atoms with Gasteiger partial charge in [0.25, 0.3) is 0 Å². The van der Waals surface area contributed by atoms with E-state index in [-0.39, 0.29) is 12.1 Å². The molecular formula is C15H28N2O. The maximum absolute atomic E-state index is 12.4. The zero-order valence-electron chi connectivity index (χ0n) is 11.9. The van der Waals surface area contributed by atoms with E-state index >= 15 is 0 Å². The summed E-state index contributed by atoms with van der Waals surface area (Å²) >= 11 is 0. The predicted molar refractivity (Wildman–Crippen MR) is 74.1 cm³/mol. The lowest BCUT2D eigenvalue weighted by Crippen LogP contribution is -2.51. The van der Waals surface area contributed by atoms with Gasteiger partial charge in [-0.2, -0.15) is 0 Å². The Morgan fingerprint density at radius 2 is 2.11 bits per heavy atom. The Balaban J connectivity index is 1.90. The van der Waals surface area contributed by atoms with E-state index < -0.39 is 0 Å². The lowest BCUT2D eigenvalue weighted by Gasteiger charge is -2.38. The standard InChI is InChI=1S/C15H28N2O/c1-11-6-7-13(9-11)10-15(18)17-8-4-3-5-14(17)12(2)16/h11-14H,3-10,16H2,1-2H3. The van der Waals surface area contributed by atoms with Crippen molar-refractivity contribution < 1.29 is 4.79 Å². The lowest BCUT2D eigenvalue weighted by molar-refractivity contribution is -0.136. The van der Waals surface area contributed by atoms with Gasteiger partial charge in [-0.3, -0.25) is 4.79 Å². The van der Waals surface area contributed by atoms with E-state index in [4.69, 9.17) is 5.73 Å². The molecule has 4 unspecified atom stereocenters. The van der Waals surface area contributed by atoms with Crippen LogP contribution in [0.1, 0.15) is 58.8 Å². The third-order valence-corrected chi connectivity index (χ3v) is 4.74. The largest absolute Gasteiger partial charge is 0.338 e.